The number of imidazole rings is 1. The van der Waals surface area contributed by atoms with Crippen molar-refractivity contribution in [2.45, 2.75) is 13.8 Å². The van der Waals surface area contributed by atoms with E-state index in [9.17, 15) is 4.79 Å². The molecule has 3 aromatic carbocycles. The van der Waals surface area contributed by atoms with Crippen LogP contribution in [0, 0.1) is 17.4 Å². The number of hydrogen-bond donors (Lipinski definition) is 1. The average Bonchev–Trinajstić information content (AvgIpc) is 3.38. The Labute approximate surface area is 206 Å². The molecule has 0 spiro atoms. The van der Waals surface area contributed by atoms with Crippen molar-refractivity contribution >= 4 is 51.1 Å². The molecular formula is C28H22IN3O. The van der Waals surface area contributed by atoms with Crippen molar-refractivity contribution in [2.75, 3.05) is 0 Å². The topological polar surface area (TPSA) is 50.7 Å². The van der Waals surface area contributed by atoms with E-state index in [0.717, 1.165) is 33.7 Å². The molecule has 0 atom stereocenters. The van der Waals surface area contributed by atoms with Gasteiger partial charge in [-0.25, -0.2) is 4.98 Å². The van der Waals surface area contributed by atoms with Crippen molar-refractivity contribution in [3.05, 3.63) is 117 Å². The molecule has 4 nitrogen and oxygen atoms in total. The molecule has 5 rings (SSSR count). The minimum absolute atomic E-state index is 0.0614. The monoisotopic (exact) mass is 543 g/mol. The molecular weight excluding hydrogens is 521 g/mol. The van der Waals surface area contributed by atoms with Gasteiger partial charge < -0.3 is 9.55 Å². The number of carbonyl (C=O) groups excluding carboxylic acids is 1. The van der Waals surface area contributed by atoms with Gasteiger partial charge in [-0.3, -0.25) is 4.79 Å². The van der Waals surface area contributed by atoms with Crippen LogP contribution in [-0.2, 0) is 0 Å². The SMILES string of the molecule is Cc1cc(/C=C(/C(=O)c2ccccc2)c2nc3ccccc3[nH]2)c(C)n1-c1ccc(I)cc1. The van der Waals surface area contributed by atoms with Crippen LogP contribution in [0.5, 0.6) is 0 Å². The summed E-state index contributed by atoms with van der Waals surface area (Å²) < 4.78 is 3.41. The summed E-state index contributed by atoms with van der Waals surface area (Å²) in [7, 11) is 0. The summed E-state index contributed by atoms with van der Waals surface area (Å²) in [6, 6.07) is 27.7. The molecule has 1 N–H and O–H groups in total. The largest absolute Gasteiger partial charge is 0.338 e. The molecule has 0 fully saturated rings. The fraction of sp³-hybridized carbons (Fsp3) is 0.0714. The predicted molar refractivity (Wildman–Crippen MR) is 143 cm³/mol. The van der Waals surface area contributed by atoms with E-state index in [1.165, 1.54) is 3.57 Å². The summed E-state index contributed by atoms with van der Waals surface area (Å²) in [4.78, 5) is 21.7. The Morgan fingerprint density at radius 3 is 2.36 bits per heavy atom. The first-order valence-electron chi connectivity index (χ1n) is 10.7. The summed E-state index contributed by atoms with van der Waals surface area (Å²) in [6.45, 7) is 4.17. The lowest BCUT2D eigenvalue weighted by Crippen LogP contribution is -2.04. The van der Waals surface area contributed by atoms with Gasteiger partial charge in [0.25, 0.3) is 0 Å². The van der Waals surface area contributed by atoms with Crippen molar-refractivity contribution in [1.82, 2.24) is 14.5 Å². The number of para-hydroxylation sites is 2. The number of ketones is 1. The second kappa shape index (κ2) is 8.83. The number of hydrogen-bond acceptors (Lipinski definition) is 2. The molecule has 0 saturated heterocycles. The molecule has 0 bridgehead atoms. The lowest BCUT2D eigenvalue weighted by molar-refractivity contribution is 0.105. The maximum atomic E-state index is 13.6. The first kappa shape index (κ1) is 21.4. The van der Waals surface area contributed by atoms with Crippen molar-refractivity contribution in [3.63, 3.8) is 0 Å². The molecule has 0 aliphatic carbocycles. The van der Waals surface area contributed by atoms with Gasteiger partial charge in [0.2, 0.25) is 0 Å². The van der Waals surface area contributed by atoms with Gasteiger partial charge in [0, 0.05) is 26.2 Å². The maximum absolute atomic E-state index is 13.6. The van der Waals surface area contributed by atoms with E-state index in [1.807, 2.05) is 60.7 Å². The number of H-pyrrole nitrogens is 1. The Kier molecular flexibility index (Phi) is 5.72. The van der Waals surface area contributed by atoms with Crippen molar-refractivity contribution in [2.24, 2.45) is 0 Å². The Morgan fingerprint density at radius 1 is 0.939 bits per heavy atom. The number of Topliss-reactive ketones (excluding diaryl/α,β-unsaturated/α-hetero) is 1. The lowest BCUT2D eigenvalue weighted by atomic mass is 10.0. The zero-order valence-corrected chi connectivity index (χ0v) is 20.5. The van der Waals surface area contributed by atoms with Gasteiger partial charge in [-0.15, -0.1) is 0 Å². The minimum Gasteiger partial charge on any atom is -0.338 e. The average molecular weight is 543 g/mol. The van der Waals surface area contributed by atoms with Crippen LogP contribution in [0.15, 0.2) is 84.9 Å². The molecule has 0 radical (unpaired) electrons. The molecule has 2 heterocycles. The highest BCUT2D eigenvalue weighted by atomic mass is 127. The summed E-state index contributed by atoms with van der Waals surface area (Å²) in [6.07, 6.45) is 1.96. The number of nitrogens with zero attached hydrogens (tertiary/aromatic N) is 2. The summed E-state index contributed by atoms with van der Waals surface area (Å²) in [5, 5.41) is 0. The Balaban J connectivity index is 1.67. The quantitative estimate of drug-likeness (QED) is 0.148. The van der Waals surface area contributed by atoms with Crippen molar-refractivity contribution in [3.8, 4) is 5.69 Å². The van der Waals surface area contributed by atoms with Gasteiger partial charge in [0.05, 0.1) is 16.6 Å². The van der Waals surface area contributed by atoms with Crippen LogP contribution in [0.3, 0.4) is 0 Å². The van der Waals surface area contributed by atoms with Gasteiger partial charge in [-0.2, -0.15) is 0 Å². The number of nitrogens with one attached hydrogen (secondary N) is 1. The molecule has 0 aliphatic heterocycles. The van der Waals surface area contributed by atoms with E-state index in [1.54, 1.807) is 0 Å². The number of aromatic nitrogens is 3. The van der Waals surface area contributed by atoms with E-state index in [4.69, 9.17) is 4.98 Å². The van der Waals surface area contributed by atoms with Crippen LogP contribution < -0.4 is 0 Å². The highest BCUT2D eigenvalue weighted by Gasteiger charge is 2.20. The highest BCUT2D eigenvalue weighted by molar-refractivity contribution is 14.1. The van der Waals surface area contributed by atoms with Gasteiger partial charge >= 0.3 is 0 Å². The maximum Gasteiger partial charge on any atom is 0.196 e. The second-order valence-corrected chi connectivity index (χ2v) is 9.24. The summed E-state index contributed by atoms with van der Waals surface area (Å²) in [5.74, 6) is 0.512. The lowest BCUT2D eigenvalue weighted by Gasteiger charge is -2.10. The number of carbonyl (C=O) groups is 1. The van der Waals surface area contributed by atoms with E-state index in [0.29, 0.717) is 17.0 Å². The molecule has 5 aromatic rings. The smallest absolute Gasteiger partial charge is 0.196 e. The first-order chi connectivity index (χ1) is 16.0. The fourth-order valence-electron chi connectivity index (χ4n) is 4.14. The number of aryl methyl sites for hydroxylation is 1. The van der Waals surface area contributed by atoms with E-state index in [-0.39, 0.29) is 5.78 Å². The summed E-state index contributed by atoms with van der Waals surface area (Å²) >= 11 is 2.31. The summed E-state index contributed by atoms with van der Waals surface area (Å²) in [5.41, 5.74) is 7.19. The zero-order chi connectivity index (χ0) is 22.9. The Bertz CT molecular complexity index is 1460. The molecule has 0 amide bonds. The zero-order valence-electron chi connectivity index (χ0n) is 18.3. The van der Waals surface area contributed by atoms with Crippen LogP contribution in [0.2, 0.25) is 0 Å². The third-order valence-electron chi connectivity index (χ3n) is 5.78. The number of fused-ring (bicyclic) bond motifs is 1. The van der Waals surface area contributed by atoms with E-state index in [2.05, 4.69) is 76.3 Å². The van der Waals surface area contributed by atoms with Crippen LogP contribution in [0.1, 0.15) is 33.1 Å². The predicted octanol–water partition coefficient (Wildman–Crippen LogP) is 7.00. The molecule has 0 aliphatic rings. The third-order valence-corrected chi connectivity index (χ3v) is 6.50. The van der Waals surface area contributed by atoms with Crippen LogP contribution in [0.4, 0.5) is 0 Å². The molecule has 5 heteroatoms. The normalized spacial score (nSPS) is 11.8. The van der Waals surface area contributed by atoms with Crippen LogP contribution in [0.25, 0.3) is 28.4 Å². The molecule has 33 heavy (non-hydrogen) atoms. The van der Waals surface area contributed by atoms with Crippen molar-refractivity contribution in [1.29, 1.82) is 0 Å². The third kappa shape index (κ3) is 4.16. The number of rotatable bonds is 5. The second-order valence-electron chi connectivity index (χ2n) is 7.99. The van der Waals surface area contributed by atoms with Crippen LogP contribution in [-0.4, -0.2) is 20.3 Å². The van der Waals surface area contributed by atoms with E-state index < -0.39 is 0 Å². The molecule has 0 saturated carbocycles. The van der Waals surface area contributed by atoms with Gasteiger partial charge in [0.15, 0.2) is 5.78 Å². The minimum atomic E-state index is -0.0614. The molecule has 162 valence electrons. The fourth-order valence-corrected chi connectivity index (χ4v) is 4.50. The molecule has 0 unspecified atom stereocenters. The van der Waals surface area contributed by atoms with Gasteiger partial charge in [-0.1, -0.05) is 42.5 Å². The van der Waals surface area contributed by atoms with Gasteiger partial charge in [-0.05, 0) is 90.5 Å². The Morgan fingerprint density at radius 2 is 1.64 bits per heavy atom. The highest BCUT2D eigenvalue weighted by Crippen LogP contribution is 2.28. The number of allylic oxidation sites excluding steroid dienone is 1. The number of aromatic amines is 1. The van der Waals surface area contributed by atoms with E-state index >= 15 is 0 Å². The number of benzene rings is 3. The Hall–Kier alpha value is -3.45. The van der Waals surface area contributed by atoms with Gasteiger partial charge in [0.1, 0.15) is 5.82 Å². The van der Waals surface area contributed by atoms with Crippen LogP contribution >= 0.6 is 22.6 Å². The number of halogens is 1. The molecule has 2 aromatic heterocycles. The van der Waals surface area contributed by atoms with Crippen molar-refractivity contribution < 1.29 is 4.79 Å². The first-order valence-corrected chi connectivity index (χ1v) is 11.8. The standard InChI is InChI=1S/C28H22IN3O/c1-18-16-21(19(2)32(18)23-14-12-22(29)13-15-23)17-24(27(33)20-8-4-3-5-9-20)28-30-25-10-6-7-11-26(25)31-28/h3-17H,1-2H3,(H,30,31)/b24-17-.